The summed E-state index contributed by atoms with van der Waals surface area (Å²) in [4.78, 5) is 35.2. The zero-order valence-electron chi connectivity index (χ0n) is 13.8. The SMILES string of the molecule is CCCC(=O)O[C@@H](NC(=O)N[C@H](OC(=O)CCC)C(Cl)(Cl)Cl)C(Cl)(Cl)Cl. The van der Waals surface area contributed by atoms with E-state index in [2.05, 4.69) is 10.6 Å². The molecule has 0 fully saturated rings. The third kappa shape index (κ3) is 10.9. The summed E-state index contributed by atoms with van der Waals surface area (Å²) in [6.07, 6.45) is -2.19. The summed E-state index contributed by atoms with van der Waals surface area (Å²) in [5.74, 6) is -1.40. The van der Waals surface area contributed by atoms with Crippen molar-refractivity contribution in [1.29, 1.82) is 0 Å². The fourth-order valence-electron chi connectivity index (χ4n) is 1.43. The molecule has 0 heterocycles. The van der Waals surface area contributed by atoms with E-state index in [4.69, 9.17) is 79.1 Å². The molecule has 2 N–H and O–H groups in total. The van der Waals surface area contributed by atoms with Crippen LogP contribution in [0.1, 0.15) is 39.5 Å². The minimum Gasteiger partial charge on any atom is -0.437 e. The summed E-state index contributed by atoms with van der Waals surface area (Å²) in [5, 5.41) is 4.20. The lowest BCUT2D eigenvalue weighted by molar-refractivity contribution is -0.149. The highest BCUT2D eigenvalue weighted by molar-refractivity contribution is 6.68. The van der Waals surface area contributed by atoms with E-state index in [1.54, 1.807) is 13.8 Å². The average Bonchev–Trinajstić information content (AvgIpc) is 2.44. The summed E-state index contributed by atoms with van der Waals surface area (Å²) in [5.41, 5.74) is 0. The third-order valence-corrected chi connectivity index (χ3v) is 3.71. The minimum atomic E-state index is -2.17. The predicted octanol–water partition coefficient (Wildman–Crippen LogP) is 4.36. The summed E-state index contributed by atoms with van der Waals surface area (Å²) in [6, 6.07) is -1.06. The highest BCUT2D eigenvalue weighted by Crippen LogP contribution is 2.32. The molecular weight excluding hydrogens is 477 g/mol. The molecule has 26 heavy (non-hydrogen) atoms. The van der Waals surface area contributed by atoms with Crippen LogP contribution in [-0.4, -0.2) is 38.0 Å². The largest absolute Gasteiger partial charge is 0.437 e. The van der Waals surface area contributed by atoms with E-state index in [1.165, 1.54) is 0 Å². The molecule has 0 unspecified atom stereocenters. The van der Waals surface area contributed by atoms with Crippen molar-refractivity contribution in [1.82, 2.24) is 10.6 Å². The molecule has 0 aromatic rings. The molecule has 0 saturated carbocycles. The number of hydrogen-bond donors (Lipinski definition) is 2. The first-order chi connectivity index (χ1) is 11.8. The molecule has 2 amide bonds. The Hall–Kier alpha value is -0.0500. The second-order valence-electron chi connectivity index (χ2n) is 4.94. The van der Waals surface area contributed by atoms with Gasteiger partial charge in [0.1, 0.15) is 0 Å². The maximum absolute atomic E-state index is 12.1. The molecule has 0 spiro atoms. The first-order valence-corrected chi connectivity index (χ1v) is 9.67. The number of nitrogens with one attached hydrogen (secondary N) is 2. The zero-order chi connectivity index (χ0) is 20.5. The minimum absolute atomic E-state index is 0.0476. The summed E-state index contributed by atoms with van der Waals surface area (Å²) >= 11 is 34.1. The van der Waals surface area contributed by atoms with Gasteiger partial charge in [0, 0.05) is 12.8 Å². The lowest BCUT2D eigenvalue weighted by Gasteiger charge is -2.28. The van der Waals surface area contributed by atoms with E-state index in [1.807, 2.05) is 0 Å². The molecule has 0 aromatic carbocycles. The maximum Gasteiger partial charge on any atom is 0.320 e. The Morgan fingerprint density at radius 3 is 1.31 bits per heavy atom. The van der Waals surface area contributed by atoms with Gasteiger partial charge in [0.05, 0.1) is 0 Å². The van der Waals surface area contributed by atoms with E-state index in [-0.39, 0.29) is 12.8 Å². The standard InChI is InChI=1S/C13H18Cl6N2O5/c1-3-5-7(22)25-9(12(14,15)16)20-11(24)21-10(13(17,18)19)26-8(23)6-4-2/h9-10H,3-6H2,1-2H3,(H2,20,21,24)/t9-,10-/m1/s1. The van der Waals surface area contributed by atoms with Gasteiger partial charge in [-0.2, -0.15) is 0 Å². The van der Waals surface area contributed by atoms with E-state index in [9.17, 15) is 14.4 Å². The van der Waals surface area contributed by atoms with Gasteiger partial charge in [0.15, 0.2) is 0 Å². The molecule has 0 radical (unpaired) electrons. The van der Waals surface area contributed by atoms with Gasteiger partial charge in [-0.3, -0.25) is 20.2 Å². The maximum atomic E-state index is 12.1. The second kappa shape index (κ2) is 11.7. The van der Waals surface area contributed by atoms with Crippen molar-refractivity contribution in [3.63, 3.8) is 0 Å². The summed E-state index contributed by atoms with van der Waals surface area (Å²) in [7, 11) is 0. The molecule has 0 bridgehead atoms. The quantitative estimate of drug-likeness (QED) is 0.297. The van der Waals surface area contributed by atoms with Gasteiger partial charge in [-0.15, -0.1) is 0 Å². The number of halogens is 6. The molecule has 0 saturated heterocycles. The molecule has 0 aliphatic carbocycles. The molecule has 2 atom stereocenters. The smallest absolute Gasteiger partial charge is 0.320 e. The zero-order valence-corrected chi connectivity index (χ0v) is 18.3. The predicted molar refractivity (Wildman–Crippen MR) is 102 cm³/mol. The van der Waals surface area contributed by atoms with Gasteiger partial charge in [-0.25, -0.2) is 4.79 Å². The van der Waals surface area contributed by atoms with Crippen LogP contribution in [0.5, 0.6) is 0 Å². The molecule has 0 rings (SSSR count). The van der Waals surface area contributed by atoms with Crippen LogP contribution in [-0.2, 0) is 19.1 Å². The van der Waals surface area contributed by atoms with Gasteiger partial charge in [0.2, 0.25) is 20.0 Å². The van der Waals surface area contributed by atoms with Crippen molar-refractivity contribution in [2.24, 2.45) is 0 Å². The Kier molecular flexibility index (Phi) is 11.7. The number of ether oxygens (including phenoxy) is 2. The van der Waals surface area contributed by atoms with Crippen LogP contribution in [0.3, 0.4) is 0 Å². The highest BCUT2D eigenvalue weighted by atomic mass is 35.6. The Labute approximate surface area is 181 Å². The highest BCUT2D eigenvalue weighted by Gasteiger charge is 2.41. The van der Waals surface area contributed by atoms with Gasteiger partial charge >= 0.3 is 18.0 Å². The van der Waals surface area contributed by atoms with Crippen molar-refractivity contribution < 1.29 is 23.9 Å². The van der Waals surface area contributed by atoms with E-state index < -0.39 is 38.0 Å². The fraction of sp³-hybridized carbons (Fsp3) is 0.769. The Morgan fingerprint density at radius 1 is 0.769 bits per heavy atom. The molecule has 152 valence electrons. The van der Waals surface area contributed by atoms with Crippen LogP contribution < -0.4 is 10.6 Å². The molecule has 0 aliphatic rings. The Balaban J connectivity index is 5.03. The van der Waals surface area contributed by atoms with Gasteiger partial charge in [0.25, 0.3) is 0 Å². The van der Waals surface area contributed by atoms with Crippen LogP contribution in [0.2, 0.25) is 0 Å². The number of rotatable bonds is 8. The summed E-state index contributed by atoms with van der Waals surface area (Å²) in [6.45, 7) is 3.48. The normalized spacial score (nSPS) is 14.2. The van der Waals surface area contributed by atoms with Crippen LogP contribution in [0, 0.1) is 0 Å². The Bertz CT molecular complexity index is 452. The molecular formula is C13H18Cl6N2O5. The van der Waals surface area contributed by atoms with Crippen molar-refractivity contribution in [3.05, 3.63) is 0 Å². The number of alkyl halides is 6. The van der Waals surface area contributed by atoms with Crippen molar-refractivity contribution in [2.75, 3.05) is 0 Å². The molecule has 0 aromatic heterocycles. The second-order valence-corrected chi connectivity index (χ2v) is 9.68. The lowest BCUT2D eigenvalue weighted by atomic mass is 10.3. The van der Waals surface area contributed by atoms with Crippen molar-refractivity contribution in [3.8, 4) is 0 Å². The number of urea groups is 1. The van der Waals surface area contributed by atoms with E-state index >= 15 is 0 Å². The first kappa shape index (κ1) is 26.0. The number of carbonyl (C=O) groups excluding carboxylic acids is 3. The molecule has 7 nitrogen and oxygen atoms in total. The third-order valence-electron chi connectivity index (χ3n) is 2.53. The monoisotopic (exact) mass is 492 g/mol. The fourth-order valence-corrected chi connectivity index (χ4v) is 2.02. The number of carbonyl (C=O) groups is 3. The van der Waals surface area contributed by atoms with E-state index in [0.29, 0.717) is 12.8 Å². The van der Waals surface area contributed by atoms with Crippen LogP contribution >= 0.6 is 69.6 Å². The number of amides is 2. The average molecular weight is 495 g/mol. The summed E-state index contributed by atoms with van der Waals surface area (Å²) < 4.78 is 5.46. The van der Waals surface area contributed by atoms with Gasteiger partial charge < -0.3 is 9.47 Å². The topological polar surface area (TPSA) is 93.7 Å². The van der Waals surface area contributed by atoms with Gasteiger partial charge in [-0.05, 0) is 12.8 Å². The molecule has 0 aliphatic heterocycles. The van der Waals surface area contributed by atoms with Crippen LogP contribution in [0.25, 0.3) is 0 Å². The first-order valence-electron chi connectivity index (χ1n) is 7.40. The Morgan fingerprint density at radius 2 is 1.08 bits per heavy atom. The van der Waals surface area contributed by atoms with Crippen molar-refractivity contribution in [2.45, 2.75) is 59.6 Å². The van der Waals surface area contributed by atoms with E-state index in [0.717, 1.165) is 0 Å². The van der Waals surface area contributed by atoms with Gasteiger partial charge in [-0.1, -0.05) is 83.5 Å². The van der Waals surface area contributed by atoms with Crippen molar-refractivity contribution >= 4 is 87.6 Å². The lowest BCUT2D eigenvalue weighted by Crippen LogP contribution is -2.55. The molecule has 13 heteroatoms. The van der Waals surface area contributed by atoms with Crippen LogP contribution in [0.4, 0.5) is 4.79 Å². The number of esters is 2. The van der Waals surface area contributed by atoms with Crippen LogP contribution in [0.15, 0.2) is 0 Å². The number of hydrogen-bond acceptors (Lipinski definition) is 5.